The minimum Gasteiger partial charge on any atom is -0.454 e. The van der Waals surface area contributed by atoms with Gasteiger partial charge in [-0.3, -0.25) is 4.79 Å². The number of fused-ring (bicyclic) bond motifs is 2. The average molecular weight is 400 g/mol. The number of nitrogens with zero attached hydrogens (tertiary/aromatic N) is 2. The highest BCUT2D eigenvalue weighted by molar-refractivity contribution is 5.99. The molecule has 2 aromatic heterocycles. The number of carbonyl (C=O) groups is 1. The normalized spacial score (nSPS) is 12.1. The summed E-state index contributed by atoms with van der Waals surface area (Å²) in [5, 5.41) is 6.30. The first kappa shape index (κ1) is 18.1. The minimum absolute atomic E-state index is 0.147. The number of imidazole rings is 1. The van der Waals surface area contributed by atoms with Crippen molar-refractivity contribution in [2.45, 2.75) is 13.1 Å². The van der Waals surface area contributed by atoms with Crippen LogP contribution in [0.15, 0.2) is 73.1 Å². The minimum atomic E-state index is -0.147. The molecule has 1 aliphatic rings. The second-order valence-electron chi connectivity index (χ2n) is 6.97. The molecule has 0 atom stereocenters. The summed E-state index contributed by atoms with van der Waals surface area (Å²) in [6.45, 7) is 1.15. The summed E-state index contributed by atoms with van der Waals surface area (Å²) >= 11 is 0. The molecule has 0 aliphatic carbocycles. The Balaban J connectivity index is 1.26. The first-order chi connectivity index (χ1) is 14.8. The van der Waals surface area contributed by atoms with Crippen LogP contribution in [-0.4, -0.2) is 22.1 Å². The largest absolute Gasteiger partial charge is 0.454 e. The summed E-state index contributed by atoms with van der Waals surface area (Å²) in [5.41, 5.74) is 4.09. The molecule has 0 saturated heterocycles. The highest BCUT2D eigenvalue weighted by Gasteiger charge is 2.15. The van der Waals surface area contributed by atoms with Gasteiger partial charge in [0.05, 0.1) is 17.8 Å². The molecular weight excluding hydrogens is 380 g/mol. The number of benzene rings is 2. The van der Waals surface area contributed by atoms with E-state index in [0.29, 0.717) is 24.4 Å². The molecule has 7 heteroatoms. The predicted molar refractivity (Wildman–Crippen MR) is 113 cm³/mol. The summed E-state index contributed by atoms with van der Waals surface area (Å²) in [6, 6.07) is 19.0. The maximum Gasteiger partial charge on any atom is 0.253 e. The highest BCUT2D eigenvalue weighted by atomic mass is 16.7. The molecule has 1 amide bonds. The number of hydrogen-bond donors (Lipinski definition) is 2. The Hall–Kier alpha value is -4.00. The van der Waals surface area contributed by atoms with Crippen molar-refractivity contribution < 1.29 is 14.3 Å². The van der Waals surface area contributed by atoms with Crippen LogP contribution in [0.5, 0.6) is 11.5 Å². The van der Waals surface area contributed by atoms with Crippen LogP contribution in [0.2, 0.25) is 0 Å². The van der Waals surface area contributed by atoms with Crippen molar-refractivity contribution in [3.63, 3.8) is 0 Å². The van der Waals surface area contributed by atoms with Gasteiger partial charge in [-0.05, 0) is 42.0 Å². The van der Waals surface area contributed by atoms with Gasteiger partial charge in [0.15, 0.2) is 11.5 Å². The second kappa shape index (κ2) is 7.79. The smallest absolute Gasteiger partial charge is 0.253 e. The Bertz CT molecular complexity index is 1190. The van der Waals surface area contributed by atoms with Crippen LogP contribution in [0, 0.1) is 0 Å². The van der Waals surface area contributed by atoms with E-state index in [4.69, 9.17) is 9.47 Å². The van der Waals surface area contributed by atoms with Gasteiger partial charge in [0, 0.05) is 24.6 Å². The third kappa shape index (κ3) is 3.65. The van der Waals surface area contributed by atoms with Gasteiger partial charge in [0.25, 0.3) is 5.91 Å². The molecular formula is C23H20N4O3. The second-order valence-corrected chi connectivity index (χ2v) is 6.97. The molecule has 3 heterocycles. The van der Waals surface area contributed by atoms with E-state index in [2.05, 4.69) is 15.6 Å². The number of anilines is 1. The number of hydrogen-bond acceptors (Lipinski definition) is 5. The van der Waals surface area contributed by atoms with Gasteiger partial charge in [0.1, 0.15) is 5.65 Å². The van der Waals surface area contributed by atoms with E-state index in [1.807, 2.05) is 71.4 Å². The monoisotopic (exact) mass is 400 g/mol. The molecule has 150 valence electrons. The Labute approximate surface area is 173 Å². The van der Waals surface area contributed by atoms with Gasteiger partial charge >= 0.3 is 0 Å². The Morgan fingerprint density at radius 3 is 2.80 bits per heavy atom. The molecule has 4 aromatic rings. The van der Waals surface area contributed by atoms with Crippen molar-refractivity contribution in [2.24, 2.45) is 0 Å². The van der Waals surface area contributed by atoms with Gasteiger partial charge in [-0.25, -0.2) is 4.98 Å². The molecule has 7 nitrogen and oxygen atoms in total. The van der Waals surface area contributed by atoms with Crippen LogP contribution in [0.1, 0.15) is 21.6 Å². The van der Waals surface area contributed by atoms with E-state index < -0.39 is 0 Å². The van der Waals surface area contributed by atoms with Crippen molar-refractivity contribution in [1.29, 1.82) is 0 Å². The third-order valence-corrected chi connectivity index (χ3v) is 4.94. The lowest BCUT2D eigenvalue weighted by Crippen LogP contribution is -2.24. The third-order valence-electron chi connectivity index (χ3n) is 4.94. The summed E-state index contributed by atoms with van der Waals surface area (Å²) in [6.07, 6.45) is 3.94. The standard InChI is InChI=1S/C23H20N4O3/c28-23(25-12-16-8-9-20-21(11-16)30-15-29-20)18-5-1-2-6-19(18)24-13-17-14-27-10-4-3-7-22(27)26-17/h1-11,14,24H,12-13,15H2,(H,25,28). The molecule has 0 fully saturated rings. The lowest BCUT2D eigenvalue weighted by Gasteiger charge is -2.12. The van der Waals surface area contributed by atoms with Crippen LogP contribution >= 0.6 is 0 Å². The first-order valence-electron chi connectivity index (χ1n) is 9.68. The van der Waals surface area contributed by atoms with Crippen molar-refractivity contribution in [3.05, 3.63) is 89.9 Å². The Kier molecular flexibility index (Phi) is 4.69. The van der Waals surface area contributed by atoms with Gasteiger partial charge < -0.3 is 24.5 Å². The summed E-state index contributed by atoms with van der Waals surface area (Å²) in [5.74, 6) is 1.29. The van der Waals surface area contributed by atoms with E-state index in [9.17, 15) is 4.79 Å². The molecule has 0 bridgehead atoms. The van der Waals surface area contributed by atoms with E-state index >= 15 is 0 Å². The Morgan fingerprint density at radius 1 is 1.00 bits per heavy atom. The van der Waals surface area contributed by atoms with Crippen LogP contribution in [0.25, 0.3) is 5.65 Å². The predicted octanol–water partition coefficient (Wildman–Crippen LogP) is 3.61. The zero-order chi connectivity index (χ0) is 20.3. The number of ether oxygens (including phenoxy) is 2. The van der Waals surface area contributed by atoms with E-state index in [1.165, 1.54) is 0 Å². The fourth-order valence-corrected chi connectivity index (χ4v) is 3.42. The zero-order valence-electron chi connectivity index (χ0n) is 16.2. The molecule has 0 spiro atoms. The summed E-state index contributed by atoms with van der Waals surface area (Å²) < 4.78 is 12.7. The molecule has 2 aromatic carbocycles. The quantitative estimate of drug-likeness (QED) is 0.517. The SMILES string of the molecule is O=C(NCc1ccc2c(c1)OCO2)c1ccccc1NCc1cn2ccccc2n1. The molecule has 5 rings (SSSR count). The summed E-state index contributed by atoms with van der Waals surface area (Å²) in [4.78, 5) is 17.4. The molecule has 0 unspecified atom stereocenters. The van der Waals surface area contributed by atoms with Gasteiger partial charge in [-0.15, -0.1) is 0 Å². The molecule has 0 saturated carbocycles. The summed E-state index contributed by atoms with van der Waals surface area (Å²) in [7, 11) is 0. The number of amides is 1. The van der Waals surface area contributed by atoms with Crippen LogP contribution in [-0.2, 0) is 13.1 Å². The van der Waals surface area contributed by atoms with Crippen molar-refractivity contribution >= 4 is 17.2 Å². The van der Waals surface area contributed by atoms with Crippen LogP contribution < -0.4 is 20.1 Å². The molecule has 0 radical (unpaired) electrons. The number of aromatic nitrogens is 2. The molecule has 30 heavy (non-hydrogen) atoms. The zero-order valence-corrected chi connectivity index (χ0v) is 16.2. The first-order valence-corrected chi connectivity index (χ1v) is 9.68. The number of nitrogens with one attached hydrogen (secondary N) is 2. The van der Waals surface area contributed by atoms with E-state index in [0.717, 1.165) is 28.3 Å². The van der Waals surface area contributed by atoms with Crippen LogP contribution in [0.3, 0.4) is 0 Å². The average Bonchev–Trinajstić information content (AvgIpc) is 3.42. The number of para-hydroxylation sites is 1. The maximum atomic E-state index is 12.8. The lowest BCUT2D eigenvalue weighted by atomic mass is 10.1. The van der Waals surface area contributed by atoms with Crippen molar-refractivity contribution in [3.8, 4) is 11.5 Å². The van der Waals surface area contributed by atoms with Crippen molar-refractivity contribution in [2.75, 3.05) is 12.1 Å². The van der Waals surface area contributed by atoms with Gasteiger partial charge in [-0.2, -0.15) is 0 Å². The number of pyridine rings is 1. The topological polar surface area (TPSA) is 76.9 Å². The van der Waals surface area contributed by atoms with E-state index in [1.54, 1.807) is 6.07 Å². The van der Waals surface area contributed by atoms with Crippen molar-refractivity contribution in [1.82, 2.24) is 14.7 Å². The van der Waals surface area contributed by atoms with Gasteiger partial charge in [-0.1, -0.05) is 24.3 Å². The highest BCUT2D eigenvalue weighted by Crippen LogP contribution is 2.32. The van der Waals surface area contributed by atoms with Gasteiger partial charge in [0.2, 0.25) is 6.79 Å². The number of carbonyl (C=O) groups excluding carboxylic acids is 1. The fourth-order valence-electron chi connectivity index (χ4n) is 3.42. The van der Waals surface area contributed by atoms with Crippen LogP contribution in [0.4, 0.5) is 5.69 Å². The Morgan fingerprint density at radius 2 is 1.87 bits per heavy atom. The fraction of sp³-hybridized carbons (Fsp3) is 0.130. The number of rotatable bonds is 6. The lowest BCUT2D eigenvalue weighted by molar-refractivity contribution is 0.0951. The molecule has 2 N–H and O–H groups in total. The van der Waals surface area contributed by atoms with E-state index in [-0.39, 0.29) is 12.7 Å². The maximum absolute atomic E-state index is 12.8. The molecule has 1 aliphatic heterocycles.